The van der Waals surface area contributed by atoms with E-state index in [0.717, 1.165) is 11.0 Å². The molecule has 0 unspecified atom stereocenters. The third kappa shape index (κ3) is 5.68. The number of nitrogens with zero attached hydrogens (tertiary/aromatic N) is 4. The number of aliphatic hydroxyl groups excluding tert-OH is 2. The van der Waals surface area contributed by atoms with Crippen molar-refractivity contribution in [3.05, 3.63) is 79.2 Å². The van der Waals surface area contributed by atoms with Crippen molar-refractivity contribution in [2.45, 2.75) is 50.5 Å². The average Bonchev–Trinajstić information content (AvgIpc) is 3.53. The van der Waals surface area contributed by atoms with Crippen LogP contribution in [0.2, 0.25) is 0 Å². The molecule has 4 aromatic rings. The Morgan fingerprint density at radius 1 is 1.15 bits per heavy atom. The van der Waals surface area contributed by atoms with Crippen LogP contribution in [0, 0.1) is 11.8 Å². The number of hydrogen-bond acceptors (Lipinski definition) is 10. The van der Waals surface area contributed by atoms with E-state index in [4.69, 9.17) is 9.15 Å². The Bertz CT molecular complexity index is 1740. The number of phenolic OH excluding ortho intramolecular Hbond substituents is 1. The molecule has 1 aliphatic heterocycles. The molecule has 3 aromatic heterocycles. The molecular formula is C26H25N5O8. The van der Waals surface area contributed by atoms with Crippen molar-refractivity contribution >= 4 is 11.0 Å². The van der Waals surface area contributed by atoms with Crippen molar-refractivity contribution in [1.29, 1.82) is 0 Å². The van der Waals surface area contributed by atoms with Gasteiger partial charge in [-0.1, -0.05) is 17.1 Å². The molecule has 0 spiro atoms. The molecule has 5 rings (SSSR count). The van der Waals surface area contributed by atoms with E-state index in [1.165, 1.54) is 23.0 Å². The highest BCUT2D eigenvalue weighted by Gasteiger charge is 2.35. The Morgan fingerprint density at radius 2 is 2.00 bits per heavy atom. The van der Waals surface area contributed by atoms with Crippen LogP contribution >= 0.6 is 0 Å². The fourth-order valence-corrected chi connectivity index (χ4v) is 4.30. The van der Waals surface area contributed by atoms with Gasteiger partial charge in [0.25, 0.3) is 5.56 Å². The monoisotopic (exact) mass is 535 g/mol. The van der Waals surface area contributed by atoms with Crippen molar-refractivity contribution in [2.75, 3.05) is 6.61 Å². The lowest BCUT2D eigenvalue weighted by Gasteiger charge is -2.14. The minimum atomic E-state index is -0.921. The number of fused-ring (bicyclic) bond motifs is 1. The first-order valence-corrected chi connectivity index (χ1v) is 12.3. The number of aromatic nitrogens is 5. The number of aliphatic hydroxyl groups is 2. The molecule has 0 aliphatic carbocycles. The highest BCUT2D eigenvalue weighted by atomic mass is 16.5. The lowest BCUT2D eigenvalue weighted by molar-refractivity contribution is -0.0459. The van der Waals surface area contributed by atoms with Crippen LogP contribution in [-0.2, 0) is 11.2 Å². The minimum Gasteiger partial charge on any atom is -0.508 e. The topological polar surface area (TPSA) is 186 Å². The maximum Gasteiger partial charge on any atom is 0.362 e. The van der Waals surface area contributed by atoms with Crippen LogP contribution in [0.1, 0.15) is 43.2 Å². The molecule has 4 heterocycles. The molecular weight excluding hydrogens is 510 g/mol. The molecule has 1 aromatic carbocycles. The summed E-state index contributed by atoms with van der Waals surface area (Å²) in [6.45, 7) is -0.385. The molecule has 3 atom stereocenters. The van der Waals surface area contributed by atoms with E-state index in [0.29, 0.717) is 30.3 Å². The zero-order valence-electron chi connectivity index (χ0n) is 20.6. The number of hydrogen-bond donors (Lipinski definition) is 4. The summed E-state index contributed by atoms with van der Waals surface area (Å²) >= 11 is 0. The van der Waals surface area contributed by atoms with Gasteiger partial charge in [-0.3, -0.25) is 14.3 Å². The first-order valence-electron chi connectivity index (χ1n) is 12.3. The third-order valence-corrected chi connectivity index (χ3v) is 6.36. The summed E-state index contributed by atoms with van der Waals surface area (Å²) in [5.74, 6) is 5.70. The number of benzene rings is 1. The predicted molar refractivity (Wildman–Crippen MR) is 136 cm³/mol. The van der Waals surface area contributed by atoms with E-state index >= 15 is 0 Å². The fourth-order valence-electron chi connectivity index (χ4n) is 4.30. The van der Waals surface area contributed by atoms with E-state index in [9.17, 15) is 29.7 Å². The summed E-state index contributed by atoms with van der Waals surface area (Å²) in [4.78, 5) is 38.9. The van der Waals surface area contributed by atoms with Gasteiger partial charge in [0.1, 0.15) is 29.2 Å². The molecule has 1 aliphatic rings. The minimum absolute atomic E-state index is 0.00159. The zero-order valence-corrected chi connectivity index (χ0v) is 20.6. The van der Waals surface area contributed by atoms with Gasteiger partial charge in [-0.25, -0.2) is 14.3 Å². The number of H-pyrrole nitrogens is 1. The maximum absolute atomic E-state index is 12.4. The van der Waals surface area contributed by atoms with Crippen LogP contribution in [0.5, 0.6) is 5.75 Å². The summed E-state index contributed by atoms with van der Waals surface area (Å²) in [6.07, 6.45) is 3.02. The van der Waals surface area contributed by atoms with Crippen LogP contribution in [-0.4, -0.2) is 58.7 Å². The number of aromatic hydroxyl groups is 1. The van der Waals surface area contributed by atoms with E-state index in [1.807, 2.05) is 0 Å². The van der Waals surface area contributed by atoms with Gasteiger partial charge in [0.05, 0.1) is 24.6 Å². The summed E-state index contributed by atoms with van der Waals surface area (Å²) in [5, 5.41) is 37.5. The molecule has 202 valence electrons. The van der Waals surface area contributed by atoms with Gasteiger partial charge in [-0.05, 0) is 37.5 Å². The molecule has 13 nitrogen and oxygen atoms in total. The van der Waals surface area contributed by atoms with Crippen LogP contribution < -0.4 is 16.9 Å². The SMILES string of the molecule is O=c1[nH]c(=O)n([C@H]2C[C@H](O)[C@@H](CO)O2)cc1C#CCCCCc1cn(-c2cc3ccc(O)cc3oc2=O)nn1. The van der Waals surface area contributed by atoms with Gasteiger partial charge in [-0.15, -0.1) is 5.10 Å². The first kappa shape index (κ1) is 26.1. The van der Waals surface area contributed by atoms with Gasteiger partial charge >= 0.3 is 11.3 Å². The van der Waals surface area contributed by atoms with Gasteiger partial charge in [0, 0.05) is 30.5 Å². The average molecular weight is 536 g/mol. The summed E-state index contributed by atoms with van der Waals surface area (Å²) in [7, 11) is 0. The smallest absolute Gasteiger partial charge is 0.362 e. The van der Waals surface area contributed by atoms with Crippen molar-refractivity contribution in [3.63, 3.8) is 0 Å². The normalized spacial score (nSPS) is 18.8. The van der Waals surface area contributed by atoms with Gasteiger partial charge in [0.2, 0.25) is 0 Å². The summed E-state index contributed by atoms with van der Waals surface area (Å²) in [6, 6.07) is 6.12. The Balaban J connectivity index is 1.18. The molecule has 0 amide bonds. The van der Waals surface area contributed by atoms with E-state index in [1.54, 1.807) is 18.3 Å². The Labute approximate surface area is 219 Å². The second-order valence-corrected chi connectivity index (χ2v) is 9.13. The van der Waals surface area contributed by atoms with Gasteiger partial charge < -0.3 is 24.5 Å². The number of nitrogens with one attached hydrogen (secondary N) is 1. The van der Waals surface area contributed by atoms with Crippen LogP contribution in [0.4, 0.5) is 0 Å². The van der Waals surface area contributed by atoms with E-state index in [2.05, 4.69) is 27.1 Å². The Morgan fingerprint density at radius 3 is 2.79 bits per heavy atom. The Kier molecular flexibility index (Phi) is 7.42. The lowest BCUT2D eigenvalue weighted by atomic mass is 10.1. The highest BCUT2D eigenvalue weighted by Crippen LogP contribution is 2.27. The molecule has 4 N–H and O–H groups in total. The third-order valence-electron chi connectivity index (χ3n) is 6.36. The van der Waals surface area contributed by atoms with Crippen molar-refractivity contribution < 1.29 is 24.5 Å². The number of unbranched alkanes of at least 4 members (excludes halogenated alkanes) is 2. The largest absolute Gasteiger partial charge is 0.508 e. The molecule has 0 saturated carbocycles. The van der Waals surface area contributed by atoms with Crippen molar-refractivity contribution in [2.24, 2.45) is 0 Å². The molecule has 1 saturated heterocycles. The zero-order chi connectivity index (χ0) is 27.5. The van der Waals surface area contributed by atoms with Crippen LogP contribution in [0.3, 0.4) is 0 Å². The predicted octanol–water partition coefficient (Wildman–Crippen LogP) is 0.334. The quantitative estimate of drug-likeness (QED) is 0.146. The second-order valence-electron chi connectivity index (χ2n) is 9.13. The number of aryl methyl sites for hydroxylation is 1. The van der Waals surface area contributed by atoms with Crippen molar-refractivity contribution in [1.82, 2.24) is 24.5 Å². The molecule has 39 heavy (non-hydrogen) atoms. The van der Waals surface area contributed by atoms with Crippen LogP contribution in [0.15, 0.2) is 55.5 Å². The maximum atomic E-state index is 12.4. The number of rotatable bonds is 7. The second kappa shape index (κ2) is 11.1. The van der Waals surface area contributed by atoms with Crippen molar-refractivity contribution in [3.8, 4) is 23.3 Å². The van der Waals surface area contributed by atoms with Gasteiger partial charge in [0.15, 0.2) is 5.69 Å². The Hall–Kier alpha value is -4.51. The van der Waals surface area contributed by atoms with E-state index in [-0.39, 0.29) is 35.6 Å². The fraction of sp³-hybridized carbons (Fsp3) is 0.346. The molecule has 0 radical (unpaired) electrons. The highest BCUT2D eigenvalue weighted by molar-refractivity contribution is 5.79. The lowest BCUT2D eigenvalue weighted by Crippen LogP contribution is -2.33. The summed E-state index contributed by atoms with van der Waals surface area (Å²) in [5.41, 5.74) is -0.669. The van der Waals surface area contributed by atoms with Gasteiger partial charge in [-0.2, -0.15) is 0 Å². The number of phenols is 1. The number of ether oxygens (including phenoxy) is 1. The standard InChI is InChI=1S/C26H25N5O8/c32-14-22-20(34)11-23(38-22)30-12-16(24(35)27-26(30)37)5-3-1-2-4-6-17-13-31(29-28-17)19-9-15-7-8-18(33)10-21(15)39-25(19)36/h7-10,12-13,20,22-23,32-34H,1-2,4,6,11,14H2,(H,27,35,37)/t20-,22+,23+/m0/s1. The summed E-state index contributed by atoms with van der Waals surface area (Å²) < 4.78 is 13.3. The molecule has 1 fully saturated rings. The molecule has 0 bridgehead atoms. The van der Waals surface area contributed by atoms with Crippen LogP contribution in [0.25, 0.3) is 16.7 Å². The number of aromatic amines is 1. The van der Waals surface area contributed by atoms with E-state index < -0.39 is 35.3 Å². The molecule has 13 heteroatoms. The first-order chi connectivity index (χ1) is 18.8.